The highest BCUT2D eigenvalue weighted by atomic mass is 16.2. The zero-order valence-electron chi connectivity index (χ0n) is 13.4. The minimum atomic E-state index is 0.111. The number of benzene rings is 1. The van der Waals surface area contributed by atoms with Crippen molar-refractivity contribution in [3.63, 3.8) is 0 Å². The highest BCUT2D eigenvalue weighted by Gasteiger charge is 2.23. The summed E-state index contributed by atoms with van der Waals surface area (Å²) >= 11 is 0. The summed E-state index contributed by atoms with van der Waals surface area (Å²) in [6.45, 7) is 4.69. The van der Waals surface area contributed by atoms with Gasteiger partial charge >= 0.3 is 0 Å². The summed E-state index contributed by atoms with van der Waals surface area (Å²) in [5, 5.41) is 3.36. The third-order valence-electron chi connectivity index (χ3n) is 4.57. The van der Waals surface area contributed by atoms with Gasteiger partial charge in [-0.25, -0.2) is 0 Å². The number of piperidine rings is 1. The molecule has 1 N–H and O–H groups in total. The fraction of sp³-hybridized carbons (Fsp3) is 0.588. The van der Waals surface area contributed by atoms with Crippen molar-refractivity contribution in [1.29, 1.82) is 0 Å². The molecule has 4 heteroatoms. The van der Waals surface area contributed by atoms with Crippen LogP contribution in [0, 0.1) is 0 Å². The number of nitrogens with zero attached hydrogens (tertiary/aromatic N) is 2. The maximum atomic E-state index is 12.5. The summed E-state index contributed by atoms with van der Waals surface area (Å²) < 4.78 is 0. The van der Waals surface area contributed by atoms with E-state index in [1.807, 2.05) is 30.1 Å². The van der Waals surface area contributed by atoms with Gasteiger partial charge in [-0.2, -0.15) is 0 Å². The first kappa shape index (κ1) is 16.0. The van der Waals surface area contributed by atoms with Gasteiger partial charge in [0.1, 0.15) is 0 Å². The van der Waals surface area contributed by atoms with Crippen LogP contribution in [0.25, 0.3) is 0 Å². The van der Waals surface area contributed by atoms with Crippen molar-refractivity contribution in [2.24, 2.45) is 0 Å². The average Bonchev–Trinajstić information content (AvgIpc) is 2.55. The largest absolute Gasteiger partial charge is 0.338 e. The van der Waals surface area contributed by atoms with Crippen molar-refractivity contribution in [1.82, 2.24) is 15.1 Å². The fourth-order valence-electron chi connectivity index (χ4n) is 2.87. The summed E-state index contributed by atoms with van der Waals surface area (Å²) in [7, 11) is 3.96. The molecule has 1 amide bonds. The van der Waals surface area contributed by atoms with Crippen LogP contribution in [0.15, 0.2) is 30.3 Å². The van der Waals surface area contributed by atoms with Crippen molar-refractivity contribution in [3.8, 4) is 0 Å². The van der Waals surface area contributed by atoms with E-state index in [2.05, 4.69) is 36.3 Å². The molecule has 0 saturated carbocycles. The van der Waals surface area contributed by atoms with E-state index in [4.69, 9.17) is 0 Å². The van der Waals surface area contributed by atoms with Crippen LogP contribution >= 0.6 is 0 Å². The molecule has 1 heterocycles. The standard InChI is InChI=1S/C17H27N3O/c1-14(15-7-5-4-6-8-15)20(3)17(21)13-19(2)16-9-11-18-12-10-16/h4-8,14,16,18H,9-13H2,1-3H3. The SMILES string of the molecule is CC(c1ccccc1)N(C)C(=O)CN(C)C1CCNCC1. The van der Waals surface area contributed by atoms with Crippen LogP contribution in [0.5, 0.6) is 0 Å². The third kappa shape index (κ3) is 4.29. The predicted molar refractivity (Wildman–Crippen MR) is 86.1 cm³/mol. The number of rotatable bonds is 5. The van der Waals surface area contributed by atoms with Crippen LogP contribution in [-0.4, -0.2) is 55.5 Å². The van der Waals surface area contributed by atoms with Crippen molar-refractivity contribution in [2.75, 3.05) is 33.7 Å². The lowest BCUT2D eigenvalue weighted by Crippen LogP contribution is -2.46. The monoisotopic (exact) mass is 289 g/mol. The van der Waals surface area contributed by atoms with Gasteiger partial charge in [-0.1, -0.05) is 30.3 Å². The first-order valence-electron chi connectivity index (χ1n) is 7.81. The minimum absolute atomic E-state index is 0.111. The van der Waals surface area contributed by atoms with Gasteiger partial charge in [0.25, 0.3) is 0 Å². The molecule has 2 rings (SSSR count). The second-order valence-corrected chi connectivity index (χ2v) is 5.99. The summed E-state index contributed by atoms with van der Waals surface area (Å²) in [6.07, 6.45) is 2.25. The fourth-order valence-corrected chi connectivity index (χ4v) is 2.87. The molecule has 1 aliphatic rings. The molecule has 0 radical (unpaired) electrons. The van der Waals surface area contributed by atoms with Crippen molar-refractivity contribution in [3.05, 3.63) is 35.9 Å². The molecule has 1 aromatic rings. The molecule has 0 spiro atoms. The Balaban J connectivity index is 1.89. The molecule has 1 saturated heterocycles. The Bertz CT molecular complexity index is 443. The molecular weight excluding hydrogens is 262 g/mol. The first-order chi connectivity index (χ1) is 10.1. The Labute approximate surface area is 128 Å². The molecule has 21 heavy (non-hydrogen) atoms. The quantitative estimate of drug-likeness (QED) is 0.899. The van der Waals surface area contributed by atoms with Crippen LogP contribution in [0.1, 0.15) is 31.4 Å². The second-order valence-electron chi connectivity index (χ2n) is 5.99. The lowest BCUT2D eigenvalue weighted by molar-refractivity contribution is -0.133. The number of hydrogen-bond acceptors (Lipinski definition) is 3. The number of likely N-dealkylation sites (N-methyl/N-ethyl adjacent to an activating group) is 2. The van der Waals surface area contributed by atoms with Crippen molar-refractivity contribution in [2.45, 2.75) is 31.8 Å². The lowest BCUT2D eigenvalue weighted by atomic mass is 10.1. The van der Waals surface area contributed by atoms with Crippen LogP contribution in [0.3, 0.4) is 0 Å². The number of amides is 1. The minimum Gasteiger partial charge on any atom is -0.338 e. The summed E-state index contributed by atoms with van der Waals surface area (Å²) in [6, 6.07) is 10.8. The topological polar surface area (TPSA) is 35.6 Å². The first-order valence-corrected chi connectivity index (χ1v) is 7.81. The average molecular weight is 289 g/mol. The van der Waals surface area contributed by atoms with Crippen molar-refractivity contribution >= 4 is 5.91 Å². The predicted octanol–water partition coefficient (Wildman–Crippen LogP) is 1.89. The molecule has 0 aromatic heterocycles. The zero-order valence-corrected chi connectivity index (χ0v) is 13.4. The smallest absolute Gasteiger partial charge is 0.236 e. The van der Waals surface area contributed by atoms with Gasteiger partial charge in [-0.05, 0) is 45.5 Å². The van der Waals surface area contributed by atoms with E-state index >= 15 is 0 Å². The molecule has 1 atom stereocenters. The molecule has 1 aromatic carbocycles. The lowest BCUT2D eigenvalue weighted by Gasteiger charge is -2.33. The Morgan fingerprint density at radius 1 is 1.24 bits per heavy atom. The molecule has 1 unspecified atom stereocenters. The van der Waals surface area contributed by atoms with E-state index in [1.54, 1.807) is 0 Å². The number of carbonyl (C=O) groups excluding carboxylic acids is 1. The van der Waals surface area contributed by atoms with Crippen LogP contribution in [-0.2, 0) is 4.79 Å². The molecule has 116 valence electrons. The molecular formula is C17H27N3O. The molecule has 0 aliphatic carbocycles. The molecule has 0 bridgehead atoms. The van der Waals surface area contributed by atoms with Gasteiger partial charge in [0.2, 0.25) is 5.91 Å². The van der Waals surface area contributed by atoms with Gasteiger partial charge in [-0.15, -0.1) is 0 Å². The molecule has 4 nitrogen and oxygen atoms in total. The zero-order chi connectivity index (χ0) is 15.2. The second kappa shape index (κ2) is 7.57. The highest BCUT2D eigenvalue weighted by Crippen LogP contribution is 2.19. The maximum absolute atomic E-state index is 12.5. The molecule has 1 aliphatic heterocycles. The van der Waals surface area contributed by atoms with E-state index in [-0.39, 0.29) is 11.9 Å². The third-order valence-corrected chi connectivity index (χ3v) is 4.57. The Hall–Kier alpha value is -1.39. The van der Waals surface area contributed by atoms with E-state index in [0.29, 0.717) is 12.6 Å². The van der Waals surface area contributed by atoms with Gasteiger partial charge in [0, 0.05) is 13.1 Å². The Kier molecular flexibility index (Phi) is 5.76. The molecule has 1 fully saturated rings. The van der Waals surface area contributed by atoms with Crippen molar-refractivity contribution < 1.29 is 4.79 Å². The van der Waals surface area contributed by atoms with E-state index < -0.39 is 0 Å². The number of nitrogens with one attached hydrogen (secondary N) is 1. The maximum Gasteiger partial charge on any atom is 0.236 e. The van der Waals surface area contributed by atoms with E-state index in [9.17, 15) is 4.79 Å². The normalized spacial score (nSPS) is 17.7. The van der Waals surface area contributed by atoms with Gasteiger partial charge in [0.15, 0.2) is 0 Å². The van der Waals surface area contributed by atoms with Crippen LogP contribution < -0.4 is 5.32 Å². The summed E-state index contributed by atoms with van der Waals surface area (Å²) in [4.78, 5) is 16.5. The van der Waals surface area contributed by atoms with Gasteiger partial charge in [0.05, 0.1) is 12.6 Å². The van der Waals surface area contributed by atoms with Gasteiger partial charge in [-0.3, -0.25) is 9.69 Å². The summed E-state index contributed by atoms with van der Waals surface area (Å²) in [5.74, 6) is 0.187. The van der Waals surface area contributed by atoms with Crippen LogP contribution in [0.2, 0.25) is 0 Å². The van der Waals surface area contributed by atoms with Gasteiger partial charge < -0.3 is 10.2 Å². The van der Waals surface area contributed by atoms with E-state index in [0.717, 1.165) is 25.9 Å². The van der Waals surface area contributed by atoms with E-state index in [1.165, 1.54) is 5.56 Å². The highest BCUT2D eigenvalue weighted by molar-refractivity contribution is 5.78. The summed E-state index contributed by atoms with van der Waals surface area (Å²) in [5.41, 5.74) is 1.18. The van der Waals surface area contributed by atoms with Crippen LogP contribution in [0.4, 0.5) is 0 Å². The Morgan fingerprint density at radius 2 is 1.86 bits per heavy atom. The number of hydrogen-bond donors (Lipinski definition) is 1. The number of carbonyl (C=O) groups is 1. The Morgan fingerprint density at radius 3 is 2.48 bits per heavy atom.